The van der Waals surface area contributed by atoms with Crippen molar-refractivity contribution in [2.24, 2.45) is 5.41 Å². The summed E-state index contributed by atoms with van der Waals surface area (Å²) in [6, 6.07) is 20.7. The Balaban J connectivity index is 1.12. The second-order valence-electron chi connectivity index (χ2n) is 12.5. The van der Waals surface area contributed by atoms with Gasteiger partial charge in [0.2, 0.25) is 0 Å². The number of carbonyl (C=O) groups excluding carboxylic acids is 3. The predicted molar refractivity (Wildman–Crippen MR) is 175 cm³/mol. The molecule has 2 aliphatic rings. The molecule has 2 heterocycles. The third kappa shape index (κ3) is 6.60. The fraction of sp³-hybridized carbons (Fsp3) is 0.351. The quantitative estimate of drug-likeness (QED) is 0.194. The van der Waals surface area contributed by atoms with Gasteiger partial charge in [0, 0.05) is 56.2 Å². The highest BCUT2D eigenvalue weighted by Gasteiger charge is 2.54. The van der Waals surface area contributed by atoms with Crippen LogP contribution in [0.3, 0.4) is 0 Å². The van der Waals surface area contributed by atoms with E-state index in [9.17, 15) is 14.4 Å². The summed E-state index contributed by atoms with van der Waals surface area (Å²) >= 11 is 0. The molecule has 1 aliphatic carbocycles. The van der Waals surface area contributed by atoms with E-state index in [1.807, 2.05) is 62.5 Å². The fourth-order valence-electron chi connectivity index (χ4n) is 5.89. The molecule has 0 bridgehead atoms. The van der Waals surface area contributed by atoms with E-state index in [4.69, 9.17) is 14.2 Å². The van der Waals surface area contributed by atoms with Crippen LogP contribution >= 0.6 is 0 Å². The third-order valence-corrected chi connectivity index (χ3v) is 9.22. The summed E-state index contributed by atoms with van der Waals surface area (Å²) in [5.41, 5.74) is 2.64. The van der Waals surface area contributed by atoms with E-state index in [0.717, 1.165) is 23.2 Å². The molecule has 0 N–H and O–H groups in total. The Morgan fingerprint density at radius 3 is 2.13 bits per heavy atom. The molecule has 1 saturated carbocycles. The average molecular weight is 622 g/mol. The van der Waals surface area contributed by atoms with Crippen LogP contribution in [0.15, 0.2) is 72.9 Å². The number of Topliss-reactive ketones (excluding diaryl/α,β-unsaturated/α-hetero) is 2. The minimum absolute atomic E-state index is 0.00755. The highest BCUT2D eigenvalue weighted by molar-refractivity contribution is 6.11. The van der Waals surface area contributed by atoms with Crippen molar-refractivity contribution in [2.45, 2.75) is 45.6 Å². The van der Waals surface area contributed by atoms with E-state index in [0.29, 0.717) is 54.1 Å². The molecule has 6 rings (SSSR count). The van der Waals surface area contributed by atoms with Crippen LogP contribution in [0.25, 0.3) is 10.9 Å². The lowest BCUT2D eigenvalue weighted by atomic mass is 9.88. The molecule has 0 spiro atoms. The van der Waals surface area contributed by atoms with Crippen molar-refractivity contribution in [2.75, 3.05) is 33.8 Å². The maximum Gasteiger partial charge on any atom is 0.415 e. The first-order valence-electron chi connectivity index (χ1n) is 15.7. The van der Waals surface area contributed by atoms with Crippen molar-refractivity contribution in [1.82, 2.24) is 14.8 Å². The average Bonchev–Trinajstić information content (AvgIpc) is 3.87. The number of rotatable bonds is 10. The number of likely N-dealkylation sites (N-methyl/N-ethyl adjacent to an activating group) is 1. The first-order valence-corrected chi connectivity index (χ1v) is 15.7. The van der Waals surface area contributed by atoms with Gasteiger partial charge in [-0.3, -0.25) is 14.6 Å². The van der Waals surface area contributed by atoms with Crippen LogP contribution in [0.2, 0.25) is 0 Å². The zero-order valence-corrected chi connectivity index (χ0v) is 26.7. The number of hydrogen-bond donors (Lipinski definition) is 0. The SMILES string of the molecule is COc1cc2c(Oc3ccc(CC(=O)C4(C(=O)Cc5ccc(C)cc5)CC4)cc3)ccnc2cc1OC(=O)N1CCN(C)[C@@H](C)C1. The highest BCUT2D eigenvalue weighted by atomic mass is 16.6. The van der Waals surface area contributed by atoms with Gasteiger partial charge < -0.3 is 24.0 Å². The van der Waals surface area contributed by atoms with Gasteiger partial charge in [-0.15, -0.1) is 0 Å². The summed E-state index contributed by atoms with van der Waals surface area (Å²) in [4.78, 5) is 47.7. The van der Waals surface area contributed by atoms with Crippen LogP contribution in [-0.4, -0.2) is 72.3 Å². The van der Waals surface area contributed by atoms with Gasteiger partial charge in [-0.1, -0.05) is 42.0 Å². The molecule has 1 atom stereocenters. The first-order chi connectivity index (χ1) is 22.1. The van der Waals surface area contributed by atoms with Crippen molar-refractivity contribution in [3.8, 4) is 23.0 Å². The maximum absolute atomic E-state index is 13.3. The fourth-order valence-corrected chi connectivity index (χ4v) is 5.89. The number of ketones is 2. The monoisotopic (exact) mass is 621 g/mol. The van der Waals surface area contributed by atoms with E-state index >= 15 is 0 Å². The third-order valence-electron chi connectivity index (χ3n) is 9.22. The summed E-state index contributed by atoms with van der Waals surface area (Å²) in [5.74, 6) is 1.80. The Bertz CT molecular complexity index is 1760. The summed E-state index contributed by atoms with van der Waals surface area (Å²) < 4.78 is 17.6. The largest absolute Gasteiger partial charge is 0.493 e. The first kappa shape index (κ1) is 31.2. The molecular weight excluding hydrogens is 582 g/mol. The van der Waals surface area contributed by atoms with Crippen molar-refractivity contribution >= 4 is 28.6 Å². The molecule has 4 aromatic rings. The number of carbonyl (C=O) groups is 3. The molecule has 46 heavy (non-hydrogen) atoms. The zero-order chi connectivity index (χ0) is 32.4. The van der Waals surface area contributed by atoms with E-state index < -0.39 is 11.5 Å². The molecule has 2 fully saturated rings. The van der Waals surface area contributed by atoms with Gasteiger partial charge >= 0.3 is 6.09 Å². The molecular formula is C37H39N3O6. The lowest BCUT2D eigenvalue weighted by molar-refractivity contribution is -0.133. The summed E-state index contributed by atoms with van der Waals surface area (Å²) in [6.45, 7) is 6.04. The van der Waals surface area contributed by atoms with Crippen LogP contribution in [0.1, 0.15) is 36.5 Å². The van der Waals surface area contributed by atoms with E-state index in [1.165, 1.54) is 7.11 Å². The van der Waals surface area contributed by atoms with Gasteiger partial charge in [-0.25, -0.2) is 4.79 Å². The molecule has 1 saturated heterocycles. The number of aromatic nitrogens is 1. The molecule has 1 aliphatic heterocycles. The highest BCUT2D eigenvalue weighted by Crippen LogP contribution is 2.49. The van der Waals surface area contributed by atoms with Crippen LogP contribution in [-0.2, 0) is 22.4 Å². The van der Waals surface area contributed by atoms with Gasteiger partial charge in [0.05, 0.1) is 18.0 Å². The van der Waals surface area contributed by atoms with Gasteiger partial charge in [0.15, 0.2) is 23.1 Å². The second kappa shape index (κ2) is 12.9. The molecule has 3 aromatic carbocycles. The van der Waals surface area contributed by atoms with Crippen LogP contribution in [0.5, 0.6) is 23.0 Å². The lowest BCUT2D eigenvalue weighted by Gasteiger charge is -2.36. The second-order valence-corrected chi connectivity index (χ2v) is 12.5. The lowest BCUT2D eigenvalue weighted by Crippen LogP contribution is -2.52. The number of nitrogens with zero attached hydrogens (tertiary/aromatic N) is 3. The number of fused-ring (bicyclic) bond motifs is 1. The van der Waals surface area contributed by atoms with Gasteiger partial charge in [-0.05, 0) is 69.1 Å². The minimum Gasteiger partial charge on any atom is -0.493 e. The molecule has 0 unspecified atom stereocenters. The van der Waals surface area contributed by atoms with Crippen molar-refractivity contribution in [1.29, 1.82) is 0 Å². The maximum atomic E-state index is 13.3. The van der Waals surface area contributed by atoms with E-state index in [-0.39, 0.29) is 36.2 Å². The summed E-state index contributed by atoms with van der Waals surface area (Å²) in [5, 5.41) is 0.689. The number of aryl methyl sites for hydroxylation is 1. The van der Waals surface area contributed by atoms with Gasteiger partial charge in [0.1, 0.15) is 11.5 Å². The molecule has 1 aromatic heterocycles. The van der Waals surface area contributed by atoms with Gasteiger partial charge in [-0.2, -0.15) is 0 Å². The van der Waals surface area contributed by atoms with Crippen molar-refractivity contribution in [3.05, 3.63) is 89.6 Å². The summed E-state index contributed by atoms with van der Waals surface area (Å²) in [7, 11) is 3.57. The standard InChI is InChI=1S/C37H39N3O6/c1-24-5-7-26(8-6-24)19-34(41)37(14-15-37)35(42)20-27-9-11-28(12-10-27)45-31-13-16-38-30-22-33(32(44-4)21-29(30)31)46-36(43)40-18-17-39(3)25(2)23-40/h5-13,16,21-22,25H,14-15,17-20,23H2,1-4H3/t25-/m0/s1. The Labute approximate surface area is 269 Å². The van der Waals surface area contributed by atoms with Crippen molar-refractivity contribution in [3.63, 3.8) is 0 Å². The topological polar surface area (TPSA) is 98.3 Å². The Hall–Kier alpha value is -4.76. The zero-order valence-electron chi connectivity index (χ0n) is 26.7. The molecule has 238 valence electrons. The van der Waals surface area contributed by atoms with Crippen LogP contribution in [0, 0.1) is 12.3 Å². The number of benzene rings is 3. The number of hydrogen-bond acceptors (Lipinski definition) is 8. The molecule has 1 amide bonds. The Kier molecular flexibility index (Phi) is 8.77. The number of pyridine rings is 1. The molecule has 9 heteroatoms. The number of methoxy groups -OCH3 is 1. The van der Waals surface area contributed by atoms with Crippen LogP contribution in [0.4, 0.5) is 4.79 Å². The smallest absolute Gasteiger partial charge is 0.415 e. The van der Waals surface area contributed by atoms with E-state index in [1.54, 1.807) is 29.3 Å². The predicted octanol–water partition coefficient (Wildman–Crippen LogP) is 6.18. The summed E-state index contributed by atoms with van der Waals surface area (Å²) in [6.07, 6.45) is 2.92. The molecule has 0 radical (unpaired) electrons. The minimum atomic E-state index is -0.856. The Morgan fingerprint density at radius 1 is 0.870 bits per heavy atom. The number of piperazine rings is 1. The number of amides is 1. The molecule has 9 nitrogen and oxygen atoms in total. The Morgan fingerprint density at radius 2 is 1.52 bits per heavy atom. The van der Waals surface area contributed by atoms with Crippen molar-refractivity contribution < 1.29 is 28.6 Å². The van der Waals surface area contributed by atoms with E-state index in [2.05, 4.69) is 16.8 Å². The number of ether oxygens (including phenoxy) is 3. The normalized spacial score (nSPS) is 17.4. The van der Waals surface area contributed by atoms with Crippen LogP contribution < -0.4 is 14.2 Å². The van der Waals surface area contributed by atoms with Gasteiger partial charge in [0.25, 0.3) is 0 Å².